The molecular formula is C20H20FN3O. The van der Waals surface area contributed by atoms with Gasteiger partial charge >= 0.3 is 0 Å². The maximum absolute atomic E-state index is 13.5. The molecule has 0 bridgehead atoms. The molecule has 1 aliphatic heterocycles. The Hall–Kier alpha value is -2.53. The van der Waals surface area contributed by atoms with E-state index in [1.807, 2.05) is 24.3 Å². The zero-order valence-electron chi connectivity index (χ0n) is 14.2. The normalized spacial score (nSPS) is 15.8. The SMILES string of the molecule is CC(c1nc(Cc2ccccc2)no1)N1CCc2ccc(F)cc2C1. The Morgan fingerprint density at radius 2 is 2.00 bits per heavy atom. The quantitative estimate of drug-likeness (QED) is 0.724. The summed E-state index contributed by atoms with van der Waals surface area (Å²) in [7, 11) is 0. The predicted molar refractivity (Wildman–Crippen MR) is 92.5 cm³/mol. The second-order valence-electron chi connectivity index (χ2n) is 6.52. The molecule has 0 radical (unpaired) electrons. The Morgan fingerprint density at radius 3 is 2.84 bits per heavy atom. The number of fused-ring (bicyclic) bond motifs is 1. The molecule has 2 aromatic carbocycles. The van der Waals surface area contributed by atoms with Crippen LogP contribution < -0.4 is 0 Å². The zero-order chi connectivity index (χ0) is 17.2. The molecule has 0 saturated carbocycles. The van der Waals surface area contributed by atoms with Crippen molar-refractivity contribution < 1.29 is 8.91 Å². The van der Waals surface area contributed by atoms with Crippen molar-refractivity contribution in [3.8, 4) is 0 Å². The van der Waals surface area contributed by atoms with Crippen molar-refractivity contribution in [1.82, 2.24) is 15.0 Å². The molecule has 0 fully saturated rings. The average Bonchev–Trinajstić information content (AvgIpc) is 3.09. The fraction of sp³-hybridized carbons (Fsp3) is 0.300. The highest BCUT2D eigenvalue weighted by Crippen LogP contribution is 2.27. The molecule has 0 N–H and O–H groups in total. The molecule has 4 nitrogen and oxygen atoms in total. The molecule has 0 amide bonds. The van der Waals surface area contributed by atoms with Gasteiger partial charge in [-0.25, -0.2) is 4.39 Å². The van der Waals surface area contributed by atoms with E-state index < -0.39 is 0 Å². The van der Waals surface area contributed by atoms with E-state index in [4.69, 9.17) is 4.52 Å². The Morgan fingerprint density at radius 1 is 1.16 bits per heavy atom. The number of halogens is 1. The van der Waals surface area contributed by atoms with Crippen LogP contribution in [0.15, 0.2) is 53.1 Å². The summed E-state index contributed by atoms with van der Waals surface area (Å²) in [4.78, 5) is 6.81. The lowest BCUT2D eigenvalue weighted by molar-refractivity contribution is 0.157. The minimum Gasteiger partial charge on any atom is -0.338 e. The second-order valence-corrected chi connectivity index (χ2v) is 6.52. The molecule has 1 unspecified atom stereocenters. The molecule has 1 aromatic heterocycles. The van der Waals surface area contributed by atoms with Crippen LogP contribution in [-0.2, 0) is 19.4 Å². The molecule has 4 rings (SSSR count). The first kappa shape index (κ1) is 16.0. The van der Waals surface area contributed by atoms with E-state index >= 15 is 0 Å². The van der Waals surface area contributed by atoms with Crippen molar-refractivity contribution in [2.24, 2.45) is 0 Å². The van der Waals surface area contributed by atoms with Crippen molar-refractivity contribution in [2.75, 3.05) is 6.54 Å². The number of hydrogen-bond acceptors (Lipinski definition) is 4. The van der Waals surface area contributed by atoms with Gasteiger partial charge in [0, 0.05) is 19.5 Å². The van der Waals surface area contributed by atoms with Crippen LogP contribution >= 0.6 is 0 Å². The van der Waals surface area contributed by atoms with Gasteiger partial charge in [-0.15, -0.1) is 0 Å². The maximum atomic E-state index is 13.5. The number of hydrogen-bond donors (Lipinski definition) is 0. The first-order valence-corrected chi connectivity index (χ1v) is 8.57. The van der Waals surface area contributed by atoms with E-state index in [0.717, 1.165) is 24.1 Å². The van der Waals surface area contributed by atoms with Crippen molar-refractivity contribution in [2.45, 2.75) is 32.4 Å². The van der Waals surface area contributed by atoms with Gasteiger partial charge in [0.2, 0.25) is 5.89 Å². The van der Waals surface area contributed by atoms with Gasteiger partial charge in [-0.1, -0.05) is 41.6 Å². The molecular weight excluding hydrogens is 317 g/mol. The summed E-state index contributed by atoms with van der Waals surface area (Å²) in [5.41, 5.74) is 3.42. The van der Waals surface area contributed by atoms with E-state index in [2.05, 4.69) is 34.1 Å². The summed E-state index contributed by atoms with van der Waals surface area (Å²) in [6, 6.07) is 15.2. The minimum absolute atomic E-state index is 0.00782. The summed E-state index contributed by atoms with van der Waals surface area (Å²) in [6.07, 6.45) is 1.57. The smallest absolute Gasteiger partial charge is 0.243 e. The molecule has 2 heterocycles. The zero-order valence-corrected chi connectivity index (χ0v) is 14.2. The number of aromatic nitrogens is 2. The van der Waals surface area contributed by atoms with Gasteiger partial charge in [-0.05, 0) is 42.2 Å². The lowest BCUT2D eigenvalue weighted by atomic mass is 9.98. The van der Waals surface area contributed by atoms with Crippen molar-refractivity contribution in [1.29, 1.82) is 0 Å². The van der Waals surface area contributed by atoms with E-state index in [0.29, 0.717) is 24.7 Å². The van der Waals surface area contributed by atoms with Gasteiger partial charge in [0.15, 0.2) is 5.82 Å². The first-order valence-electron chi connectivity index (χ1n) is 8.57. The van der Waals surface area contributed by atoms with Gasteiger partial charge in [-0.2, -0.15) is 4.98 Å². The van der Waals surface area contributed by atoms with Crippen molar-refractivity contribution in [3.05, 3.63) is 82.8 Å². The summed E-state index contributed by atoms with van der Waals surface area (Å²) < 4.78 is 19.0. The van der Waals surface area contributed by atoms with E-state index in [9.17, 15) is 4.39 Å². The number of nitrogens with zero attached hydrogens (tertiary/aromatic N) is 3. The molecule has 0 aliphatic carbocycles. The average molecular weight is 337 g/mol. The van der Waals surface area contributed by atoms with E-state index in [1.54, 1.807) is 6.07 Å². The van der Waals surface area contributed by atoms with Gasteiger partial charge in [0.1, 0.15) is 5.82 Å². The molecule has 5 heteroatoms. The fourth-order valence-electron chi connectivity index (χ4n) is 3.32. The van der Waals surface area contributed by atoms with E-state index in [-0.39, 0.29) is 11.9 Å². The lowest BCUT2D eigenvalue weighted by Gasteiger charge is -2.31. The molecule has 128 valence electrons. The summed E-state index contributed by atoms with van der Waals surface area (Å²) >= 11 is 0. The summed E-state index contributed by atoms with van der Waals surface area (Å²) in [5, 5.41) is 4.11. The monoisotopic (exact) mass is 337 g/mol. The third-order valence-corrected chi connectivity index (χ3v) is 4.80. The highest BCUT2D eigenvalue weighted by Gasteiger charge is 2.25. The van der Waals surface area contributed by atoms with Crippen LogP contribution in [0.5, 0.6) is 0 Å². The van der Waals surface area contributed by atoms with E-state index in [1.165, 1.54) is 11.6 Å². The van der Waals surface area contributed by atoms with Crippen molar-refractivity contribution >= 4 is 0 Å². The standard InChI is InChI=1S/C20H20FN3O/c1-14(24-10-9-16-7-8-18(21)12-17(16)13-24)20-22-19(23-25-20)11-15-5-3-2-4-6-15/h2-8,12,14H,9-11,13H2,1H3. The van der Waals surface area contributed by atoms with Gasteiger partial charge < -0.3 is 4.52 Å². The van der Waals surface area contributed by atoms with Crippen LogP contribution in [0.2, 0.25) is 0 Å². The summed E-state index contributed by atoms with van der Waals surface area (Å²) in [5.74, 6) is 1.12. The van der Waals surface area contributed by atoms with Crippen LogP contribution in [0, 0.1) is 5.82 Å². The summed E-state index contributed by atoms with van der Waals surface area (Å²) in [6.45, 7) is 3.66. The molecule has 1 atom stereocenters. The van der Waals surface area contributed by atoms with Gasteiger partial charge in [0.25, 0.3) is 0 Å². The Labute approximate surface area is 146 Å². The maximum Gasteiger partial charge on any atom is 0.243 e. The van der Waals surface area contributed by atoms with Crippen LogP contribution in [-0.4, -0.2) is 21.6 Å². The van der Waals surface area contributed by atoms with Crippen LogP contribution in [0.1, 0.15) is 41.4 Å². The Kier molecular flexibility index (Phi) is 4.32. The largest absolute Gasteiger partial charge is 0.338 e. The predicted octanol–water partition coefficient (Wildman–Crippen LogP) is 3.92. The first-order chi connectivity index (χ1) is 12.2. The van der Waals surface area contributed by atoms with Crippen molar-refractivity contribution in [3.63, 3.8) is 0 Å². The molecule has 25 heavy (non-hydrogen) atoms. The van der Waals surface area contributed by atoms with Crippen LogP contribution in [0.4, 0.5) is 4.39 Å². The highest BCUT2D eigenvalue weighted by molar-refractivity contribution is 5.30. The lowest BCUT2D eigenvalue weighted by Crippen LogP contribution is -2.33. The number of benzene rings is 2. The molecule has 0 spiro atoms. The Balaban J connectivity index is 1.47. The molecule has 0 saturated heterocycles. The second kappa shape index (κ2) is 6.76. The fourth-order valence-corrected chi connectivity index (χ4v) is 3.32. The van der Waals surface area contributed by atoms with Crippen LogP contribution in [0.3, 0.4) is 0 Å². The third-order valence-electron chi connectivity index (χ3n) is 4.80. The van der Waals surface area contributed by atoms with Gasteiger partial charge in [-0.3, -0.25) is 4.90 Å². The topological polar surface area (TPSA) is 42.2 Å². The number of rotatable bonds is 4. The molecule has 3 aromatic rings. The minimum atomic E-state index is -0.184. The molecule has 1 aliphatic rings. The third kappa shape index (κ3) is 3.46. The van der Waals surface area contributed by atoms with Crippen LogP contribution in [0.25, 0.3) is 0 Å². The highest BCUT2D eigenvalue weighted by atomic mass is 19.1. The van der Waals surface area contributed by atoms with Gasteiger partial charge in [0.05, 0.1) is 6.04 Å². The Bertz CT molecular complexity index is 862.